The summed E-state index contributed by atoms with van der Waals surface area (Å²) in [7, 11) is 0. The van der Waals surface area contributed by atoms with Crippen LogP contribution in [0.4, 0.5) is 10.1 Å². The highest BCUT2D eigenvalue weighted by Crippen LogP contribution is 2.19. The van der Waals surface area contributed by atoms with E-state index < -0.39 is 23.8 Å². The van der Waals surface area contributed by atoms with Gasteiger partial charge >= 0.3 is 5.97 Å². The molecule has 1 aromatic heterocycles. The van der Waals surface area contributed by atoms with Gasteiger partial charge in [-0.05, 0) is 31.2 Å². The summed E-state index contributed by atoms with van der Waals surface area (Å²) in [6.45, 7) is 1.41. The Kier molecular flexibility index (Phi) is 4.74. The van der Waals surface area contributed by atoms with Crippen LogP contribution in [0.15, 0.2) is 53.1 Å². The van der Waals surface area contributed by atoms with Gasteiger partial charge in [-0.15, -0.1) is 0 Å². The van der Waals surface area contributed by atoms with E-state index >= 15 is 0 Å². The molecule has 1 heterocycles. The van der Waals surface area contributed by atoms with Crippen molar-refractivity contribution < 1.29 is 23.2 Å². The van der Waals surface area contributed by atoms with Gasteiger partial charge in [-0.2, -0.15) is 0 Å². The van der Waals surface area contributed by atoms with Crippen LogP contribution in [-0.4, -0.2) is 23.1 Å². The molecule has 0 saturated heterocycles. The highest BCUT2D eigenvalue weighted by atomic mass is 19.1. The summed E-state index contributed by atoms with van der Waals surface area (Å²) in [6.07, 6.45) is -1.21. The van der Waals surface area contributed by atoms with Gasteiger partial charge < -0.3 is 14.6 Å². The number of carbonyl (C=O) groups is 2. The molecule has 0 fully saturated rings. The fourth-order valence-corrected chi connectivity index (χ4v) is 2.29. The molecule has 2 aromatic carbocycles. The number of ether oxygens (including phenoxy) is 1. The van der Waals surface area contributed by atoms with Gasteiger partial charge in [0.05, 0.1) is 12.1 Å². The predicted octanol–water partition coefficient (Wildman–Crippen LogP) is 3.08. The average Bonchev–Trinajstić information content (AvgIpc) is 3.00. The Labute approximate surface area is 142 Å². The first kappa shape index (κ1) is 16.6. The fraction of sp³-hybridized carbons (Fsp3) is 0.167. The van der Waals surface area contributed by atoms with Gasteiger partial charge in [-0.25, -0.2) is 4.39 Å². The van der Waals surface area contributed by atoms with Crippen LogP contribution in [0.25, 0.3) is 11.0 Å². The van der Waals surface area contributed by atoms with Crippen molar-refractivity contribution in [2.24, 2.45) is 0 Å². The second-order valence-corrected chi connectivity index (χ2v) is 5.40. The van der Waals surface area contributed by atoms with Crippen LogP contribution >= 0.6 is 0 Å². The molecule has 0 bridgehead atoms. The molecule has 7 heteroatoms. The molecule has 0 spiro atoms. The molecule has 3 rings (SSSR count). The lowest BCUT2D eigenvalue weighted by molar-refractivity contribution is -0.152. The van der Waals surface area contributed by atoms with Gasteiger partial charge in [0.25, 0.3) is 5.91 Å². The second kappa shape index (κ2) is 7.12. The van der Waals surface area contributed by atoms with Crippen molar-refractivity contribution in [1.82, 2.24) is 5.16 Å². The fourth-order valence-electron chi connectivity index (χ4n) is 2.29. The van der Waals surface area contributed by atoms with E-state index in [4.69, 9.17) is 9.26 Å². The van der Waals surface area contributed by atoms with Crippen LogP contribution in [0, 0.1) is 5.82 Å². The first-order valence-electron chi connectivity index (χ1n) is 7.63. The number of anilines is 1. The standard InChI is InChI=1S/C18H15FN2O4/c1-11(18(23)20-14-8-4-3-7-13(14)19)24-17(22)10-15-12-6-2-5-9-16(12)25-21-15/h2-9,11H,10H2,1H3,(H,20,23)/t11-/m0/s1. The van der Waals surface area contributed by atoms with Crippen molar-refractivity contribution in [2.75, 3.05) is 5.32 Å². The lowest BCUT2D eigenvalue weighted by Crippen LogP contribution is -2.30. The zero-order valence-electron chi connectivity index (χ0n) is 13.4. The highest BCUT2D eigenvalue weighted by Gasteiger charge is 2.21. The highest BCUT2D eigenvalue weighted by molar-refractivity contribution is 5.95. The molecule has 0 aliphatic heterocycles. The summed E-state index contributed by atoms with van der Waals surface area (Å²) in [5.74, 6) is -1.82. The van der Waals surface area contributed by atoms with Crippen LogP contribution in [-0.2, 0) is 20.7 Å². The summed E-state index contributed by atoms with van der Waals surface area (Å²) >= 11 is 0. The summed E-state index contributed by atoms with van der Waals surface area (Å²) in [5, 5.41) is 6.93. The van der Waals surface area contributed by atoms with Crippen molar-refractivity contribution in [2.45, 2.75) is 19.4 Å². The first-order valence-corrected chi connectivity index (χ1v) is 7.63. The number of fused-ring (bicyclic) bond motifs is 1. The molecule has 0 saturated carbocycles. The molecular formula is C18H15FN2O4. The maximum atomic E-state index is 13.5. The van der Waals surface area contributed by atoms with Gasteiger partial charge in [0.15, 0.2) is 11.7 Å². The van der Waals surface area contributed by atoms with E-state index in [0.29, 0.717) is 16.7 Å². The molecule has 25 heavy (non-hydrogen) atoms. The van der Waals surface area contributed by atoms with Crippen LogP contribution in [0.3, 0.4) is 0 Å². The number of aromatic nitrogens is 1. The molecule has 1 amide bonds. The quantitative estimate of drug-likeness (QED) is 0.721. The normalized spacial score (nSPS) is 11.9. The minimum Gasteiger partial charge on any atom is -0.452 e. The number of nitrogens with zero attached hydrogens (tertiary/aromatic N) is 1. The number of halogens is 1. The Balaban J connectivity index is 1.60. The van der Waals surface area contributed by atoms with E-state index in [1.54, 1.807) is 30.3 Å². The third-order valence-electron chi connectivity index (χ3n) is 3.57. The molecular weight excluding hydrogens is 327 g/mol. The Hall–Kier alpha value is -3.22. The number of para-hydroxylation sites is 2. The molecule has 1 atom stereocenters. The second-order valence-electron chi connectivity index (χ2n) is 5.40. The van der Waals surface area contributed by atoms with Crippen LogP contribution in [0.1, 0.15) is 12.6 Å². The number of hydrogen-bond acceptors (Lipinski definition) is 5. The van der Waals surface area contributed by atoms with Gasteiger partial charge in [0, 0.05) is 5.39 Å². The largest absolute Gasteiger partial charge is 0.452 e. The zero-order chi connectivity index (χ0) is 17.8. The van der Waals surface area contributed by atoms with Gasteiger partial charge in [0.1, 0.15) is 11.5 Å². The molecule has 3 aromatic rings. The number of rotatable bonds is 5. The van der Waals surface area contributed by atoms with Gasteiger partial charge in [-0.1, -0.05) is 29.4 Å². The lowest BCUT2D eigenvalue weighted by Gasteiger charge is -2.13. The average molecular weight is 342 g/mol. The van der Waals surface area contributed by atoms with Crippen molar-refractivity contribution >= 4 is 28.5 Å². The number of hydrogen-bond donors (Lipinski definition) is 1. The maximum Gasteiger partial charge on any atom is 0.312 e. The number of nitrogens with one attached hydrogen (secondary N) is 1. The van der Waals surface area contributed by atoms with Gasteiger partial charge in [-0.3, -0.25) is 9.59 Å². The Morgan fingerprint density at radius 2 is 1.92 bits per heavy atom. The van der Waals surface area contributed by atoms with E-state index in [2.05, 4.69) is 10.5 Å². The van der Waals surface area contributed by atoms with Crippen molar-refractivity contribution in [3.05, 3.63) is 60.0 Å². The molecule has 6 nitrogen and oxygen atoms in total. The van der Waals surface area contributed by atoms with E-state index in [0.717, 1.165) is 0 Å². The SMILES string of the molecule is C[C@H](OC(=O)Cc1noc2ccccc12)C(=O)Nc1ccccc1F. The van der Waals surface area contributed by atoms with Crippen LogP contribution < -0.4 is 5.32 Å². The Morgan fingerprint density at radius 3 is 2.72 bits per heavy atom. The monoisotopic (exact) mass is 342 g/mol. The van der Waals surface area contributed by atoms with Gasteiger partial charge in [0.2, 0.25) is 0 Å². The van der Waals surface area contributed by atoms with E-state index in [1.165, 1.54) is 25.1 Å². The summed E-state index contributed by atoms with van der Waals surface area (Å²) < 4.78 is 23.7. The predicted molar refractivity (Wildman–Crippen MR) is 88.3 cm³/mol. The Bertz CT molecular complexity index is 922. The summed E-state index contributed by atoms with van der Waals surface area (Å²) in [6, 6.07) is 12.9. The molecule has 0 radical (unpaired) electrons. The summed E-state index contributed by atoms with van der Waals surface area (Å²) in [5.41, 5.74) is 1.02. The third-order valence-corrected chi connectivity index (χ3v) is 3.57. The van der Waals surface area contributed by atoms with E-state index in [1.807, 2.05) is 0 Å². The summed E-state index contributed by atoms with van der Waals surface area (Å²) in [4.78, 5) is 24.1. The number of amides is 1. The van der Waals surface area contributed by atoms with E-state index in [-0.39, 0.29) is 12.1 Å². The van der Waals surface area contributed by atoms with Crippen molar-refractivity contribution in [3.63, 3.8) is 0 Å². The van der Waals surface area contributed by atoms with Crippen molar-refractivity contribution in [1.29, 1.82) is 0 Å². The van der Waals surface area contributed by atoms with Crippen molar-refractivity contribution in [3.8, 4) is 0 Å². The minimum atomic E-state index is -1.08. The Morgan fingerprint density at radius 1 is 1.20 bits per heavy atom. The number of esters is 1. The molecule has 128 valence electrons. The van der Waals surface area contributed by atoms with E-state index in [9.17, 15) is 14.0 Å². The molecule has 0 unspecified atom stereocenters. The zero-order valence-corrected chi connectivity index (χ0v) is 13.4. The number of carbonyl (C=O) groups excluding carboxylic acids is 2. The van der Waals surface area contributed by atoms with Crippen LogP contribution in [0.2, 0.25) is 0 Å². The molecule has 0 aliphatic carbocycles. The molecule has 0 aliphatic rings. The lowest BCUT2D eigenvalue weighted by atomic mass is 10.2. The third kappa shape index (κ3) is 3.82. The minimum absolute atomic E-state index is 0.0258. The maximum absolute atomic E-state index is 13.5. The first-order chi connectivity index (χ1) is 12.0. The topological polar surface area (TPSA) is 81.4 Å². The molecule has 1 N–H and O–H groups in total. The smallest absolute Gasteiger partial charge is 0.312 e. The number of benzene rings is 2. The van der Waals surface area contributed by atoms with Crippen LogP contribution in [0.5, 0.6) is 0 Å².